The number of hydrogen-bond acceptors (Lipinski definition) is 1. The summed E-state index contributed by atoms with van der Waals surface area (Å²) in [5.74, 6) is 9.55. The molecular weight excluding hydrogens is 444 g/mol. The summed E-state index contributed by atoms with van der Waals surface area (Å²) in [5, 5.41) is 13.9. The topological polar surface area (TPSA) is 20.2 Å². The first-order valence-electron chi connectivity index (χ1n) is 11.0. The third kappa shape index (κ3) is 6.27. The molecule has 168 valence electrons. The van der Waals surface area contributed by atoms with Gasteiger partial charge in [0.1, 0.15) is 13.7 Å². The Kier molecular flexibility index (Phi) is 8.08. The van der Waals surface area contributed by atoms with E-state index < -0.39 is 21.7 Å². The van der Waals surface area contributed by atoms with Crippen LogP contribution in [0.25, 0.3) is 0 Å². The molecule has 0 aromatic heterocycles. The summed E-state index contributed by atoms with van der Waals surface area (Å²) in [6.07, 6.45) is 0. The lowest BCUT2D eigenvalue weighted by atomic mass is 10.1. The van der Waals surface area contributed by atoms with E-state index in [9.17, 15) is 5.11 Å². The smallest absolute Gasteiger partial charge is 0.166 e. The first-order chi connectivity index (χ1) is 14.7. The van der Waals surface area contributed by atoms with E-state index in [0.717, 1.165) is 5.20 Å². The van der Waals surface area contributed by atoms with E-state index in [1.54, 1.807) is 13.8 Å². The van der Waals surface area contributed by atoms with Gasteiger partial charge in [-0.15, -0.1) is 5.54 Å². The second kappa shape index (κ2) is 9.86. The molecule has 0 saturated heterocycles. The van der Waals surface area contributed by atoms with Crippen LogP contribution in [0.2, 0.25) is 24.7 Å². The van der Waals surface area contributed by atoms with Crippen molar-refractivity contribution < 1.29 is 5.11 Å². The molecule has 0 atom stereocenters. The number of benzene rings is 2. The van der Waals surface area contributed by atoms with Gasteiger partial charge >= 0.3 is 0 Å². The van der Waals surface area contributed by atoms with E-state index in [-0.39, 0.29) is 5.04 Å². The zero-order valence-electron chi connectivity index (χ0n) is 20.6. The molecule has 2 aromatic carbocycles. The average Bonchev–Trinajstić information content (AvgIpc) is 2.68. The van der Waals surface area contributed by atoms with Crippen molar-refractivity contribution in [2.75, 3.05) is 0 Å². The van der Waals surface area contributed by atoms with Crippen LogP contribution in [0, 0.1) is 23.3 Å². The minimum absolute atomic E-state index is 0.143. The summed E-state index contributed by atoms with van der Waals surface area (Å²) in [5.41, 5.74) is 2.43. The van der Waals surface area contributed by atoms with Crippen LogP contribution in [0.1, 0.15) is 34.6 Å². The third-order valence-corrected chi connectivity index (χ3v) is 12.3. The Labute approximate surface area is 201 Å². The lowest BCUT2D eigenvalue weighted by Gasteiger charge is -2.44. The quantitative estimate of drug-likeness (QED) is 0.440. The van der Waals surface area contributed by atoms with Crippen LogP contribution in [0.4, 0.5) is 0 Å². The monoisotopic (exact) mass is 478 g/mol. The lowest BCUT2D eigenvalue weighted by molar-refractivity contribution is 0.143. The van der Waals surface area contributed by atoms with E-state index in [1.165, 1.54) is 10.4 Å². The Bertz CT molecular complexity index is 1040. The van der Waals surface area contributed by atoms with Gasteiger partial charge < -0.3 is 5.11 Å². The summed E-state index contributed by atoms with van der Waals surface area (Å²) < 4.78 is 0. The molecular formula is C28H35ClOSi2. The molecule has 0 fully saturated rings. The Balaban J connectivity index is 3.11. The molecule has 2 aromatic rings. The normalized spacial score (nSPS) is 13.3. The Morgan fingerprint density at radius 1 is 0.781 bits per heavy atom. The first-order valence-corrected chi connectivity index (χ1v) is 16.9. The first kappa shape index (κ1) is 26.2. The van der Waals surface area contributed by atoms with Crippen molar-refractivity contribution in [2.24, 2.45) is 0 Å². The highest BCUT2D eigenvalue weighted by Crippen LogP contribution is 2.42. The van der Waals surface area contributed by atoms with Gasteiger partial charge in [0.15, 0.2) is 8.07 Å². The van der Waals surface area contributed by atoms with Crippen LogP contribution < -0.4 is 10.4 Å². The van der Waals surface area contributed by atoms with Crippen molar-refractivity contribution in [1.82, 2.24) is 0 Å². The average molecular weight is 479 g/mol. The molecule has 0 spiro atoms. The molecule has 1 N–H and O–H groups in total. The highest BCUT2D eigenvalue weighted by molar-refractivity contribution is 7.10. The van der Waals surface area contributed by atoms with Crippen LogP contribution in [0.15, 0.2) is 70.9 Å². The Hall–Kier alpha value is -2.02. The van der Waals surface area contributed by atoms with E-state index in [4.69, 9.17) is 11.6 Å². The number of hydrogen-bond donors (Lipinski definition) is 1. The molecule has 4 heteroatoms. The van der Waals surface area contributed by atoms with Gasteiger partial charge in [0.05, 0.1) is 5.03 Å². The van der Waals surface area contributed by atoms with Crippen LogP contribution in [0.5, 0.6) is 0 Å². The van der Waals surface area contributed by atoms with E-state index >= 15 is 0 Å². The minimum atomic E-state index is -2.73. The maximum absolute atomic E-state index is 10.2. The van der Waals surface area contributed by atoms with E-state index in [1.807, 2.05) is 12.1 Å². The van der Waals surface area contributed by atoms with Crippen LogP contribution in [0.3, 0.4) is 0 Å². The van der Waals surface area contributed by atoms with Gasteiger partial charge in [-0.05, 0) is 29.3 Å². The standard InChI is InChI=1S/C28H35ClOSi2/c1-27(2,3)32(23-15-11-9-12-16-23,24-17-13-10-14-18-24)26(20-22-31(6,7)8)25(29)19-21-28(4,5)30/h9-18,30H,1-8H3/b26-25+. The molecule has 0 aliphatic carbocycles. The molecule has 0 radical (unpaired) electrons. The maximum atomic E-state index is 10.2. The summed E-state index contributed by atoms with van der Waals surface area (Å²) in [6.45, 7) is 16.9. The van der Waals surface area contributed by atoms with E-state index in [2.05, 4.69) is 112 Å². The van der Waals surface area contributed by atoms with E-state index in [0.29, 0.717) is 5.03 Å². The molecule has 0 heterocycles. The summed E-state index contributed by atoms with van der Waals surface area (Å²) in [4.78, 5) is 0. The molecule has 0 amide bonds. The largest absolute Gasteiger partial charge is 0.378 e. The third-order valence-electron chi connectivity index (χ3n) is 5.17. The van der Waals surface area contributed by atoms with Crippen molar-refractivity contribution >= 4 is 38.1 Å². The second-order valence-corrected chi connectivity index (χ2v) is 20.5. The van der Waals surface area contributed by atoms with Gasteiger partial charge in [0.25, 0.3) is 0 Å². The van der Waals surface area contributed by atoms with Crippen molar-refractivity contribution in [1.29, 1.82) is 0 Å². The minimum Gasteiger partial charge on any atom is -0.378 e. The SMILES string of the molecule is CC(C)(O)C#C/C(Cl)=C(/C#C[Si](C)(C)C)[Si](c1ccccc1)(c1ccccc1)C(C)(C)C. The van der Waals surface area contributed by atoms with Crippen LogP contribution in [-0.2, 0) is 0 Å². The van der Waals surface area contributed by atoms with Crippen molar-refractivity contribution in [3.8, 4) is 23.3 Å². The molecule has 2 rings (SSSR count). The van der Waals surface area contributed by atoms with Crippen molar-refractivity contribution in [3.05, 3.63) is 70.9 Å². The lowest BCUT2D eigenvalue weighted by Crippen LogP contribution is -2.66. The van der Waals surface area contributed by atoms with Gasteiger partial charge in [-0.3, -0.25) is 0 Å². The zero-order valence-corrected chi connectivity index (χ0v) is 23.4. The Morgan fingerprint density at radius 2 is 1.22 bits per heavy atom. The highest BCUT2D eigenvalue weighted by Gasteiger charge is 2.51. The predicted octanol–water partition coefficient (Wildman–Crippen LogP) is 5.74. The van der Waals surface area contributed by atoms with Gasteiger partial charge in [0, 0.05) is 5.20 Å². The van der Waals surface area contributed by atoms with Crippen molar-refractivity contribution in [2.45, 2.75) is 64.9 Å². The molecule has 0 saturated carbocycles. The number of allylic oxidation sites excluding steroid dienone is 2. The van der Waals surface area contributed by atoms with Gasteiger partial charge in [-0.1, -0.05) is 130 Å². The highest BCUT2D eigenvalue weighted by atomic mass is 35.5. The fourth-order valence-electron chi connectivity index (χ4n) is 3.91. The number of aliphatic hydroxyl groups is 1. The van der Waals surface area contributed by atoms with Gasteiger partial charge in [0.2, 0.25) is 0 Å². The summed E-state index contributed by atoms with van der Waals surface area (Å²) in [7, 11) is -4.42. The van der Waals surface area contributed by atoms with Crippen molar-refractivity contribution in [3.63, 3.8) is 0 Å². The molecule has 0 bridgehead atoms. The maximum Gasteiger partial charge on any atom is 0.166 e. The second-order valence-electron chi connectivity index (χ2n) is 10.7. The van der Waals surface area contributed by atoms with Gasteiger partial charge in [-0.25, -0.2) is 0 Å². The Morgan fingerprint density at radius 3 is 1.56 bits per heavy atom. The number of rotatable bonds is 3. The van der Waals surface area contributed by atoms with Crippen LogP contribution >= 0.6 is 11.6 Å². The van der Waals surface area contributed by atoms with Crippen LogP contribution in [-0.4, -0.2) is 26.9 Å². The summed E-state index contributed by atoms with van der Waals surface area (Å²) in [6, 6.07) is 21.3. The predicted molar refractivity (Wildman–Crippen MR) is 146 cm³/mol. The van der Waals surface area contributed by atoms with Gasteiger partial charge in [-0.2, -0.15) is 0 Å². The number of halogens is 1. The molecule has 0 aliphatic rings. The fourth-order valence-corrected chi connectivity index (χ4v) is 10.5. The molecule has 0 unspecified atom stereocenters. The zero-order chi connectivity index (χ0) is 24.2. The fraction of sp³-hybridized carbons (Fsp3) is 0.357. The molecule has 0 aliphatic heterocycles. The molecule has 32 heavy (non-hydrogen) atoms. The summed E-state index contributed by atoms with van der Waals surface area (Å²) >= 11 is 7.01. The molecule has 1 nitrogen and oxygen atoms in total.